The molecule has 1 N–H and O–H groups in total. The topological polar surface area (TPSA) is 57.6 Å². The number of nitrogens with zero attached hydrogens (tertiary/aromatic N) is 1. The largest absolute Gasteiger partial charge is 0.392 e. The van der Waals surface area contributed by atoms with Gasteiger partial charge in [0.15, 0.2) is 0 Å². The first-order chi connectivity index (χ1) is 15.0. The highest BCUT2D eigenvalue weighted by Crippen LogP contribution is 2.65. The number of hydrogen-bond donors (Lipinski definition) is 1. The van der Waals surface area contributed by atoms with Crippen LogP contribution >= 0.6 is 22.6 Å². The second-order valence-corrected chi connectivity index (χ2v) is 9.93. The Bertz CT molecular complexity index is 1200. The van der Waals surface area contributed by atoms with Crippen LogP contribution in [-0.4, -0.2) is 23.0 Å². The Morgan fingerprint density at radius 3 is 1.97 bits per heavy atom. The monoisotopic (exact) mass is 521 g/mol. The summed E-state index contributed by atoms with van der Waals surface area (Å²) < 4.78 is 1.04. The van der Waals surface area contributed by atoms with Crippen LogP contribution in [0.5, 0.6) is 0 Å². The molecule has 4 nitrogen and oxygen atoms in total. The average Bonchev–Trinajstić information content (AvgIpc) is 3.05. The third kappa shape index (κ3) is 2.23. The van der Waals surface area contributed by atoms with Gasteiger partial charge in [-0.25, -0.2) is 4.90 Å². The van der Waals surface area contributed by atoms with Gasteiger partial charge in [0.25, 0.3) is 0 Å². The van der Waals surface area contributed by atoms with Gasteiger partial charge in [0.05, 0.1) is 29.0 Å². The molecule has 0 saturated carbocycles. The highest BCUT2D eigenvalue weighted by atomic mass is 127. The van der Waals surface area contributed by atoms with Crippen LogP contribution in [0.25, 0.3) is 0 Å². The number of hydrogen-bond acceptors (Lipinski definition) is 3. The average molecular weight is 521 g/mol. The quantitative estimate of drug-likeness (QED) is 0.406. The lowest BCUT2D eigenvalue weighted by atomic mass is 9.46. The number of aliphatic hydroxyl groups excluding tert-OH is 1. The van der Waals surface area contributed by atoms with Crippen molar-refractivity contribution in [3.8, 4) is 0 Å². The van der Waals surface area contributed by atoms with E-state index in [1.165, 1.54) is 4.90 Å². The number of halogens is 1. The standard InChI is InChI=1S/C26H20INO3/c1-14(29)26-19-8-4-2-6-17(19)21(18-7-3-5-9-20(18)26)22-23(26)25(31)28(24(22)30)16-12-10-15(27)11-13-16/h2-14,21-23,29H,1H3/t14-,21?,22-,23-,26?/m1/s1. The van der Waals surface area contributed by atoms with Crippen molar-refractivity contribution in [1.29, 1.82) is 0 Å². The highest BCUT2D eigenvalue weighted by molar-refractivity contribution is 14.1. The van der Waals surface area contributed by atoms with Crippen LogP contribution in [0.4, 0.5) is 5.69 Å². The first kappa shape index (κ1) is 19.2. The van der Waals surface area contributed by atoms with Crippen molar-refractivity contribution in [2.45, 2.75) is 24.4 Å². The zero-order chi connectivity index (χ0) is 21.5. The summed E-state index contributed by atoms with van der Waals surface area (Å²) >= 11 is 2.21. The van der Waals surface area contributed by atoms with Crippen LogP contribution in [0.15, 0.2) is 72.8 Å². The van der Waals surface area contributed by atoms with Gasteiger partial charge in [-0.2, -0.15) is 0 Å². The normalized spacial score (nSPS) is 28.9. The molecule has 2 amide bonds. The number of carbonyl (C=O) groups excluding carboxylic acids is 2. The summed E-state index contributed by atoms with van der Waals surface area (Å²) in [4.78, 5) is 29.1. The van der Waals surface area contributed by atoms with E-state index in [9.17, 15) is 14.7 Å². The summed E-state index contributed by atoms with van der Waals surface area (Å²) in [6, 6.07) is 23.5. The lowest BCUT2D eigenvalue weighted by Gasteiger charge is -2.55. The van der Waals surface area contributed by atoms with Crippen molar-refractivity contribution >= 4 is 40.1 Å². The summed E-state index contributed by atoms with van der Waals surface area (Å²) in [5, 5.41) is 11.3. The maximum Gasteiger partial charge on any atom is 0.239 e. The number of imide groups is 1. The zero-order valence-electron chi connectivity index (χ0n) is 16.8. The molecule has 1 fully saturated rings. The molecule has 154 valence electrons. The van der Waals surface area contributed by atoms with E-state index in [1.54, 1.807) is 6.92 Å². The molecule has 3 atom stereocenters. The first-order valence-corrected chi connectivity index (χ1v) is 11.6. The number of carbonyl (C=O) groups is 2. The van der Waals surface area contributed by atoms with Gasteiger partial charge in [-0.1, -0.05) is 48.5 Å². The van der Waals surface area contributed by atoms with E-state index in [1.807, 2.05) is 60.7 Å². The predicted octanol–water partition coefficient (Wildman–Crippen LogP) is 4.22. The zero-order valence-corrected chi connectivity index (χ0v) is 19.0. The summed E-state index contributed by atoms with van der Waals surface area (Å²) in [7, 11) is 0. The van der Waals surface area contributed by atoms with Crippen molar-refractivity contribution in [2.24, 2.45) is 11.8 Å². The Morgan fingerprint density at radius 2 is 1.42 bits per heavy atom. The Kier molecular flexibility index (Phi) is 4.02. The van der Waals surface area contributed by atoms with Gasteiger partial charge in [-0.15, -0.1) is 0 Å². The number of rotatable bonds is 2. The van der Waals surface area contributed by atoms with E-state index in [0.29, 0.717) is 5.69 Å². The Labute approximate surface area is 194 Å². The highest BCUT2D eigenvalue weighted by Gasteiger charge is 2.69. The van der Waals surface area contributed by atoms with Gasteiger partial charge in [0.1, 0.15) is 0 Å². The summed E-state index contributed by atoms with van der Waals surface area (Å²) in [5.74, 6) is -1.73. The molecule has 4 aliphatic rings. The molecule has 5 heteroatoms. The van der Waals surface area contributed by atoms with Crippen LogP contribution in [0, 0.1) is 15.4 Å². The molecule has 31 heavy (non-hydrogen) atoms. The maximum absolute atomic E-state index is 13.9. The van der Waals surface area contributed by atoms with E-state index in [2.05, 4.69) is 34.7 Å². The molecule has 3 aromatic carbocycles. The number of amides is 2. The van der Waals surface area contributed by atoms with E-state index in [-0.39, 0.29) is 17.7 Å². The summed E-state index contributed by atoms with van der Waals surface area (Å²) in [6.07, 6.45) is -0.836. The molecule has 7 rings (SSSR count). The minimum atomic E-state index is -0.947. The van der Waals surface area contributed by atoms with Crippen molar-refractivity contribution in [3.63, 3.8) is 0 Å². The van der Waals surface area contributed by atoms with Gasteiger partial charge in [0.2, 0.25) is 11.8 Å². The van der Waals surface area contributed by atoms with Crippen molar-refractivity contribution in [3.05, 3.63) is 98.6 Å². The lowest BCUT2D eigenvalue weighted by Crippen LogP contribution is -2.58. The summed E-state index contributed by atoms with van der Waals surface area (Å²) in [6.45, 7) is 1.75. The second-order valence-electron chi connectivity index (χ2n) is 8.69. The van der Waals surface area contributed by atoms with Crippen LogP contribution < -0.4 is 4.90 Å². The van der Waals surface area contributed by atoms with Gasteiger partial charge < -0.3 is 5.11 Å². The number of aliphatic hydroxyl groups is 1. The van der Waals surface area contributed by atoms with Gasteiger partial charge in [-0.05, 0) is 76.0 Å². The fourth-order valence-corrected chi connectivity index (χ4v) is 6.74. The minimum Gasteiger partial charge on any atom is -0.392 e. The fraction of sp³-hybridized carbons (Fsp3) is 0.231. The molecule has 2 bridgehead atoms. The van der Waals surface area contributed by atoms with Gasteiger partial charge >= 0.3 is 0 Å². The van der Waals surface area contributed by atoms with Crippen LogP contribution in [0.3, 0.4) is 0 Å². The third-order valence-electron chi connectivity index (χ3n) is 7.43. The lowest BCUT2D eigenvalue weighted by molar-refractivity contribution is -0.126. The Balaban J connectivity index is 1.66. The van der Waals surface area contributed by atoms with E-state index in [4.69, 9.17) is 0 Å². The van der Waals surface area contributed by atoms with Crippen molar-refractivity contribution in [1.82, 2.24) is 0 Å². The van der Waals surface area contributed by atoms with E-state index >= 15 is 0 Å². The van der Waals surface area contributed by atoms with Crippen molar-refractivity contribution < 1.29 is 14.7 Å². The van der Waals surface area contributed by atoms with E-state index < -0.39 is 23.4 Å². The third-order valence-corrected chi connectivity index (χ3v) is 8.15. The fourth-order valence-electron chi connectivity index (χ4n) is 6.38. The molecule has 1 saturated heterocycles. The minimum absolute atomic E-state index is 0.171. The Hall–Kier alpha value is -2.51. The number of benzene rings is 3. The smallest absolute Gasteiger partial charge is 0.239 e. The second kappa shape index (κ2) is 6.50. The molecule has 1 heterocycles. The molecule has 0 radical (unpaired) electrons. The molecular formula is C26H20INO3. The predicted molar refractivity (Wildman–Crippen MR) is 126 cm³/mol. The molecule has 3 aromatic rings. The Morgan fingerprint density at radius 1 is 0.871 bits per heavy atom. The molecule has 0 spiro atoms. The van der Waals surface area contributed by atoms with Gasteiger partial charge in [0, 0.05) is 9.49 Å². The van der Waals surface area contributed by atoms with Crippen LogP contribution in [0.1, 0.15) is 35.1 Å². The molecular weight excluding hydrogens is 501 g/mol. The van der Waals surface area contributed by atoms with Gasteiger partial charge in [-0.3, -0.25) is 9.59 Å². The molecule has 0 aromatic heterocycles. The van der Waals surface area contributed by atoms with Crippen LogP contribution in [0.2, 0.25) is 0 Å². The SMILES string of the molecule is C[C@@H](O)C12c3ccccc3C(c3ccccc31)[C@H]1C(=O)N(c3ccc(I)cc3)C(=O)[C@@H]12. The number of anilines is 1. The van der Waals surface area contributed by atoms with E-state index in [0.717, 1.165) is 25.8 Å². The molecule has 0 unspecified atom stereocenters. The molecule has 1 aliphatic heterocycles. The first-order valence-electron chi connectivity index (χ1n) is 10.5. The van der Waals surface area contributed by atoms with Crippen molar-refractivity contribution in [2.75, 3.05) is 4.90 Å². The van der Waals surface area contributed by atoms with Crippen LogP contribution in [-0.2, 0) is 15.0 Å². The maximum atomic E-state index is 13.9. The summed E-state index contributed by atoms with van der Waals surface area (Å²) in [5.41, 5.74) is 3.69. The molecule has 3 aliphatic carbocycles.